The molecule has 0 atom stereocenters. The highest BCUT2D eigenvalue weighted by Gasteiger charge is 2.10. The molecule has 0 spiro atoms. The Morgan fingerprint density at radius 3 is 1.43 bits per heavy atom. The van der Waals surface area contributed by atoms with Crippen molar-refractivity contribution in [2.75, 3.05) is 19.8 Å². The molecule has 11 nitrogen and oxygen atoms in total. The number of carbonyl (C=O) groups excluding carboxylic acids is 2. The van der Waals surface area contributed by atoms with Crippen molar-refractivity contribution in [3.63, 3.8) is 0 Å². The van der Waals surface area contributed by atoms with Gasteiger partial charge < -0.3 is 28.5 Å². The smallest absolute Gasteiger partial charge is 0.153 e. The van der Waals surface area contributed by atoms with Crippen LogP contribution in [0.4, 0.5) is 0 Å². The molecule has 6 aromatic carbocycles. The second-order valence-corrected chi connectivity index (χ2v) is 18.0. The van der Waals surface area contributed by atoms with E-state index in [4.69, 9.17) is 39.2 Å². The monoisotopic (exact) mass is 1070 g/mol. The normalized spacial score (nSPS) is 10.1. The summed E-state index contributed by atoms with van der Waals surface area (Å²) >= 11 is 3.32. The number of phenols is 1. The molecule has 0 saturated carbocycles. The number of phenolic OH excluding ortho intramolecular Hbond substituents is 1. The van der Waals surface area contributed by atoms with Gasteiger partial charge in [-0.25, -0.2) is 0 Å². The van der Waals surface area contributed by atoms with E-state index < -0.39 is 0 Å². The minimum absolute atomic E-state index is 0.0268. The highest BCUT2D eigenvalue weighted by atomic mass is 79.9. The van der Waals surface area contributed by atoms with Gasteiger partial charge in [0.2, 0.25) is 0 Å². The Balaban J connectivity index is 0.000000227. The highest BCUT2D eigenvalue weighted by molar-refractivity contribution is 9.08. The van der Waals surface area contributed by atoms with E-state index in [0.29, 0.717) is 71.2 Å². The summed E-state index contributed by atoms with van der Waals surface area (Å²) in [6.45, 7) is 8.93. The van der Waals surface area contributed by atoms with E-state index in [-0.39, 0.29) is 5.75 Å². The molecule has 0 aliphatic heterocycles. The molecule has 1 N–H and O–H groups in total. The van der Waals surface area contributed by atoms with Crippen LogP contribution in [0.5, 0.6) is 28.7 Å². The van der Waals surface area contributed by atoms with E-state index in [2.05, 4.69) is 54.9 Å². The van der Waals surface area contributed by atoms with Gasteiger partial charge in [0.25, 0.3) is 0 Å². The van der Waals surface area contributed by atoms with Gasteiger partial charge in [-0.05, 0) is 121 Å². The van der Waals surface area contributed by atoms with Crippen LogP contribution >= 0.6 is 15.9 Å². The number of aromatic hydroxyl groups is 1. The van der Waals surface area contributed by atoms with E-state index in [0.717, 1.165) is 83.9 Å². The molecule has 0 unspecified atom stereocenters. The Morgan fingerprint density at radius 1 is 0.507 bits per heavy atom. The summed E-state index contributed by atoms with van der Waals surface area (Å²) in [4.78, 5) is 21.7. The standard InChI is InChI=1S/C21H23NO3.C21H21NO2.C13H18O3.C8H6BrN/c1-2-3-4-5-12-24-20-11-10-19(15-23)21(13-20)25-16-18-8-6-17(14-22)7-9-18;1-2-3-4-5-12-23-19-11-10-18-13-20(24-21(18)14-19)17-8-6-16(15-22)7-9-17;1-2-3-4-5-8-16-12-7-6-11(10-14)13(15)9-12;9-5-7-1-3-8(6-10)4-2-7/h6-11,13,15H,2-5,12,16H2,1H3;6-11,13-14H,2-5,12H2,1H3;6-7,9-10,15H,2-5,8H2,1H3;1-4H,5H2. The molecule has 1 heterocycles. The Labute approximate surface area is 451 Å². The summed E-state index contributed by atoms with van der Waals surface area (Å²) in [6.07, 6.45) is 15.4. The van der Waals surface area contributed by atoms with Gasteiger partial charge >= 0.3 is 0 Å². The van der Waals surface area contributed by atoms with E-state index in [1.54, 1.807) is 54.6 Å². The van der Waals surface area contributed by atoms with E-state index in [9.17, 15) is 14.7 Å². The zero-order chi connectivity index (χ0) is 53.9. The van der Waals surface area contributed by atoms with Crippen LogP contribution in [0, 0.1) is 34.0 Å². The van der Waals surface area contributed by atoms with Gasteiger partial charge in [0.1, 0.15) is 46.7 Å². The van der Waals surface area contributed by atoms with E-state index in [1.807, 2.05) is 72.8 Å². The number of unbranched alkanes of at least 4 members (excludes halogenated alkanes) is 9. The summed E-state index contributed by atoms with van der Waals surface area (Å²) in [6, 6.07) is 46.3. The van der Waals surface area contributed by atoms with Gasteiger partial charge in [-0.3, -0.25) is 9.59 Å². The molecule has 0 radical (unpaired) electrons. The van der Waals surface area contributed by atoms with Crippen molar-refractivity contribution >= 4 is 39.5 Å². The number of benzene rings is 6. The number of furan rings is 1. The van der Waals surface area contributed by atoms with Gasteiger partial charge in [-0.2, -0.15) is 15.8 Å². The summed E-state index contributed by atoms with van der Waals surface area (Å²) in [5.74, 6) is 3.44. The number of nitrogens with zero attached hydrogens (tertiary/aromatic N) is 3. The Hall–Kier alpha value is -7.85. The Kier molecular flexibility index (Phi) is 28.1. The number of carbonyl (C=O) groups is 2. The van der Waals surface area contributed by atoms with Gasteiger partial charge in [-0.1, -0.05) is 119 Å². The number of fused-ring (bicyclic) bond motifs is 1. The van der Waals surface area contributed by atoms with Crippen molar-refractivity contribution in [2.24, 2.45) is 0 Å². The van der Waals surface area contributed by atoms with Crippen LogP contribution in [0.2, 0.25) is 0 Å². The largest absolute Gasteiger partial charge is 0.507 e. The van der Waals surface area contributed by atoms with Gasteiger partial charge in [0, 0.05) is 34.5 Å². The van der Waals surface area contributed by atoms with Crippen molar-refractivity contribution in [3.05, 3.63) is 172 Å². The van der Waals surface area contributed by atoms with Gasteiger partial charge in [0.15, 0.2) is 12.6 Å². The van der Waals surface area contributed by atoms with E-state index in [1.165, 1.54) is 56.6 Å². The number of rotatable bonds is 25. The number of nitriles is 3. The van der Waals surface area contributed by atoms with Crippen LogP contribution in [0.1, 0.15) is 146 Å². The van der Waals surface area contributed by atoms with Crippen LogP contribution in [0.25, 0.3) is 22.3 Å². The number of halogens is 1. The maximum Gasteiger partial charge on any atom is 0.153 e. The van der Waals surface area contributed by atoms with Gasteiger partial charge in [-0.15, -0.1) is 0 Å². The average Bonchev–Trinajstić information content (AvgIpc) is 3.89. The lowest BCUT2D eigenvalue weighted by atomic mass is 10.1. The van der Waals surface area contributed by atoms with E-state index >= 15 is 0 Å². The molecule has 0 saturated heterocycles. The first-order chi connectivity index (χ1) is 36.7. The van der Waals surface area contributed by atoms with Crippen molar-refractivity contribution in [1.29, 1.82) is 15.8 Å². The lowest BCUT2D eigenvalue weighted by Crippen LogP contribution is -2.01. The molecule has 0 amide bonds. The third-order valence-electron chi connectivity index (χ3n) is 11.5. The molecule has 7 rings (SSSR count). The fraction of sp³-hybridized carbons (Fsp3) is 0.317. The number of aldehydes is 2. The first kappa shape index (κ1) is 59.7. The van der Waals surface area contributed by atoms with Crippen molar-refractivity contribution in [3.8, 4) is 58.3 Å². The fourth-order valence-corrected chi connectivity index (χ4v) is 7.53. The summed E-state index contributed by atoms with van der Waals surface area (Å²) in [7, 11) is 0. The van der Waals surface area contributed by atoms with Crippen molar-refractivity contribution in [1.82, 2.24) is 0 Å². The third-order valence-corrected chi connectivity index (χ3v) is 12.2. The Morgan fingerprint density at radius 2 is 0.960 bits per heavy atom. The molecular weight excluding hydrogens is 1010 g/mol. The summed E-state index contributed by atoms with van der Waals surface area (Å²) in [5, 5.41) is 37.5. The van der Waals surface area contributed by atoms with Crippen molar-refractivity contribution < 1.29 is 38.1 Å². The fourth-order valence-electron chi connectivity index (χ4n) is 7.15. The molecule has 0 fully saturated rings. The number of alkyl halides is 1. The molecule has 1 aromatic heterocycles. The minimum atomic E-state index is -0.0268. The first-order valence-corrected chi connectivity index (χ1v) is 26.8. The quantitative estimate of drug-likeness (QED) is 0.0327. The number of ether oxygens (including phenoxy) is 4. The molecule has 12 heteroatoms. The zero-order valence-corrected chi connectivity index (χ0v) is 45.0. The molecule has 75 heavy (non-hydrogen) atoms. The van der Waals surface area contributed by atoms with Crippen LogP contribution in [0.3, 0.4) is 0 Å². The van der Waals surface area contributed by atoms with Crippen LogP contribution in [-0.4, -0.2) is 37.5 Å². The highest BCUT2D eigenvalue weighted by Crippen LogP contribution is 2.31. The SMILES string of the molecule is CCCCCCOc1ccc(C=O)c(O)c1.CCCCCCOc1ccc(C=O)c(OCc2ccc(C#N)cc2)c1.CCCCCCOc1ccc2cc(-c3ccc(C#N)cc3)oc2c1.N#Cc1ccc(CBr)cc1. The lowest BCUT2D eigenvalue weighted by Gasteiger charge is -2.12. The second kappa shape index (κ2) is 35.3. The predicted octanol–water partition coefficient (Wildman–Crippen LogP) is 16.5. The molecule has 0 bridgehead atoms. The van der Waals surface area contributed by atoms with Crippen molar-refractivity contribution in [2.45, 2.75) is 110 Å². The molecule has 0 aliphatic carbocycles. The Bertz CT molecular complexity index is 2900. The third kappa shape index (κ3) is 22.0. The predicted molar refractivity (Wildman–Crippen MR) is 300 cm³/mol. The zero-order valence-electron chi connectivity index (χ0n) is 43.4. The number of hydrogen-bond acceptors (Lipinski definition) is 11. The topological polar surface area (TPSA) is 176 Å². The molecule has 0 aliphatic rings. The maximum absolute atomic E-state index is 11.2. The summed E-state index contributed by atoms with van der Waals surface area (Å²) < 4.78 is 28.7. The van der Waals surface area contributed by atoms with Crippen LogP contribution < -0.4 is 18.9 Å². The van der Waals surface area contributed by atoms with Crippen LogP contribution in [-0.2, 0) is 11.9 Å². The number of hydrogen-bond donors (Lipinski definition) is 1. The van der Waals surface area contributed by atoms with Gasteiger partial charge in [0.05, 0.1) is 65.8 Å². The van der Waals surface area contributed by atoms with Crippen LogP contribution in [0.15, 0.2) is 138 Å². The minimum Gasteiger partial charge on any atom is -0.507 e. The first-order valence-electron chi connectivity index (χ1n) is 25.7. The molecular formula is C63H68BrN3O8. The molecule has 7 aromatic rings. The average molecular weight is 1080 g/mol. The second-order valence-electron chi connectivity index (χ2n) is 17.4. The lowest BCUT2D eigenvalue weighted by molar-refractivity contribution is 0.111. The summed E-state index contributed by atoms with van der Waals surface area (Å²) in [5.41, 5.74) is 6.66. The molecule has 390 valence electrons. The maximum atomic E-state index is 11.2.